The Balaban J connectivity index is 2.40. The van der Waals surface area contributed by atoms with E-state index in [1.54, 1.807) is 0 Å². The lowest BCUT2D eigenvalue weighted by Crippen LogP contribution is -2.18. The van der Waals surface area contributed by atoms with Crippen molar-refractivity contribution in [2.75, 3.05) is 11.9 Å². The molecule has 2 aromatic rings. The molecule has 114 valence electrons. The molecule has 1 aromatic carbocycles. The first-order valence-electron chi connectivity index (χ1n) is 6.15. The number of amides is 1. The van der Waals surface area contributed by atoms with E-state index in [4.69, 9.17) is 9.84 Å². The van der Waals surface area contributed by atoms with Gasteiger partial charge in [-0.3, -0.25) is 5.32 Å². The van der Waals surface area contributed by atoms with Gasteiger partial charge in [0.1, 0.15) is 18.0 Å². The Kier molecular flexibility index (Phi) is 4.52. The maximum atomic E-state index is 13.3. The maximum Gasteiger partial charge on any atom is 0.413 e. The molecule has 22 heavy (non-hydrogen) atoms. The van der Waals surface area contributed by atoms with Gasteiger partial charge in [0, 0.05) is 0 Å². The predicted molar refractivity (Wildman–Crippen MR) is 75.6 cm³/mol. The number of benzene rings is 1. The normalized spacial score (nSPS) is 10.0. The fourth-order valence-electron chi connectivity index (χ4n) is 1.70. The first kappa shape index (κ1) is 15.2. The van der Waals surface area contributed by atoms with Crippen molar-refractivity contribution in [3.8, 4) is 5.69 Å². The van der Waals surface area contributed by atoms with Gasteiger partial charge in [-0.25, -0.2) is 18.7 Å². The number of carboxylic acid groups (broad SMARTS) is 1. The molecular weight excluding hydrogens is 293 g/mol. The Hall–Kier alpha value is -3.16. The van der Waals surface area contributed by atoms with Crippen LogP contribution in [0.5, 0.6) is 0 Å². The lowest BCUT2D eigenvalue weighted by atomic mass is 10.3. The minimum absolute atomic E-state index is 0.0393. The molecule has 0 aliphatic rings. The lowest BCUT2D eigenvalue weighted by molar-refractivity contribution is 0.0698. The second-order valence-electron chi connectivity index (χ2n) is 4.12. The fraction of sp³-hybridized carbons (Fsp3) is 0.0714. The van der Waals surface area contributed by atoms with Crippen LogP contribution in [0.2, 0.25) is 0 Å². The van der Waals surface area contributed by atoms with Gasteiger partial charge in [-0.05, 0) is 18.2 Å². The van der Waals surface area contributed by atoms with Gasteiger partial charge >= 0.3 is 12.1 Å². The van der Waals surface area contributed by atoms with Crippen molar-refractivity contribution >= 4 is 17.9 Å². The van der Waals surface area contributed by atoms with Crippen molar-refractivity contribution < 1.29 is 23.8 Å². The van der Waals surface area contributed by atoms with Crippen LogP contribution in [0.3, 0.4) is 0 Å². The van der Waals surface area contributed by atoms with Gasteiger partial charge in [-0.2, -0.15) is 5.10 Å². The van der Waals surface area contributed by atoms with Crippen LogP contribution in [0.4, 0.5) is 15.0 Å². The summed E-state index contributed by atoms with van der Waals surface area (Å²) < 4.78 is 19.1. The summed E-state index contributed by atoms with van der Waals surface area (Å²) >= 11 is 0. The van der Waals surface area contributed by atoms with Crippen LogP contribution in [0, 0.1) is 5.82 Å². The number of hydrogen-bond donors (Lipinski definition) is 2. The van der Waals surface area contributed by atoms with Gasteiger partial charge in [-0.1, -0.05) is 18.7 Å². The van der Waals surface area contributed by atoms with Crippen LogP contribution in [-0.2, 0) is 4.74 Å². The molecule has 0 fully saturated rings. The number of rotatable bonds is 5. The molecule has 0 bridgehead atoms. The third-order valence-electron chi connectivity index (χ3n) is 2.61. The number of nitrogens with zero attached hydrogens (tertiary/aromatic N) is 2. The molecule has 8 heteroatoms. The largest absolute Gasteiger partial charge is 0.477 e. The van der Waals surface area contributed by atoms with Crippen LogP contribution >= 0.6 is 0 Å². The zero-order valence-electron chi connectivity index (χ0n) is 11.3. The predicted octanol–water partition coefficient (Wildman–Crippen LogP) is 2.44. The van der Waals surface area contributed by atoms with Crippen LogP contribution in [-0.4, -0.2) is 33.6 Å². The summed E-state index contributed by atoms with van der Waals surface area (Å²) in [5, 5.41) is 15.3. The average Bonchev–Trinajstić information content (AvgIpc) is 2.89. The molecule has 0 atom stereocenters. The van der Waals surface area contributed by atoms with Gasteiger partial charge in [0.25, 0.3) is 0 Å². The second-order valence-corrected chi connectivity index (χ2v) is 4.12. The van der Waals surface area contributed by atoms with E-state index in [0.29, 0.717) is 0 Å². The Morgan fingerprint density at radius 2 is 2.27 bits per heavy atom. The molecule has 2 N–H and O–H groups in total. The Bertz CT molecular complexity index is 727. The molecule has 0 unspecified atom stereocenters. The number of aromatic nitrogens is 2. The monoisotopic (exact) mass is 305 g/mol. The van der Waals surface area contributed by atoms with E-state index in [1.165, 1.54) is 24.3 Å². The van der Waals surface area contributed by atoms with Crippen LogP contribution in [0.25, 0.3) is 5.69 Å². The van der Waals surface area contributed by atoms with Crippen LogP contribution in [0.1, 0.15) is 10.4 Å². The fourth-order valence-corrected chi connectivity index (χ4v) is 1.70. The van der Waals surface area contributed by atoms with Crippen molar-refractivity contribution in [2.45, 2.75) is 0 Å². The van der Waals surface area contributed by atoms with Crippen molar-refractivity contribution in [1.29, 1.82) is 0 Å². The highest BCUT2D eigenvalue weighted by Crippen LogP contribution is 2.21. The SMILES string of the molecule is C=CCOC(=O)Nc1c(C(=O)O)cnn1-c1cccc(F)c1. The van der Waals surface area contributed by atoms with E-state index < -0.39 is 17.9 Å². The highest BCUT2D eigenvalue weighted by molar-refractivity contribution is 5.97. The third kappa shape index (κ3) is 3.29. The van der Waals surface area contributed by atoms with E-state index in [9.17, 15) is 14.0 Å². The molecule has 0 aliphatic carbocycles. The second kappa shape index (κ2) is 6.53. The molecule has 7 nitrogen and oxygen atoms in total. The zero-order valence-corrected chi connectivity index (χ0v) is 11.3. The van der Waals surface area contributed by atoms with Gasteiger partial charge in [-0.15, -0.1) is 0 Å². The van der Waals surface area contributed by atoms with Gasteiger partial charge in [0.2, 0.25) is 0 Å². The Labute approximate surface area is 124 Å². The highest BCUT2D eigenvalue weighted by atomic mass is 19.1. The zero-order chi connectivity index (χ0) is 16.1. The lowest BCUT2D eigenvalue weighted by Gasteiger charge is -2.10. The summed E-state index contributed by atoms with van der Waals surface area (Å²) in [6.45, 7) is 3.35. The van der Waals surface area contributed by atoms with Crippen molar-refractivity contribution in [3.05, 3.63) is 54.5 Å². The number of aromatic carboxylic acids is 1. The van der Waals surface area contributed by atoms with E-state index in [-0.39, 0.29) is 23.7 Å². The van der Waals surface area contributed by atoms with Crippen LogP contribution in [0.15, 0.2) is 43.1 Å². The molecule has 0 radical (unpaired) electrons. The quantitative estimate of drug-likeness (QED) is 0.828. The average molecular weight is 305 g/mol. The molecule has 1 amide bonds. The molecule has 1 heterocycles. The molecule has 0 saturated heterocycles. The topological polar surface area (TPSA) is 93.4 Å². The first-order valence-corrected chi connectivity index (χ1v) is 6.15. The van der Waals surface area contributed by atoms with Crippen molar-refractivity contribution in [2.24, 2.45) is 0 Å². The summed E-state index contributed by atoms with van der Waals surface area (Å²) in [5.41, 5.74) is 0.00587. The number of carbonyl (C=O) groups is 2. The first-order chi connectivity index (χ1) is 10.5. The number of halogens is 1. The molecular formula is C14H12FN3O4. The number of anilines is 1. The molecule has 1 aromatic heterocycles. The molecule has 0 aliphatic heterocycles. The molecule has 2 rings (SSSR count). The number of nitrogens with one attached hydrogen (secondary N) is 1. The number of ether oxygens (including phenoxy) is 1. The van der Waals surface area contributed by atoms with Crippen molar-refractivity contribution in [1.82, 2.24) is 9.78 Å². The maximum absolute atomic E-state index is 13.3. The Morgan fingerprint density at radius 3 is 2.91 bits per heavy atom. The molecule has 0 spiro atoms. The highest BCUT2D eigenvalue weighted by Gasteiger charge is 2.20. The standard InChI is InChI=1S/C14H12FN3O4/c1-2-6-22-14(21)17-12-11(13(19)20)8-16-18(12)10-5-3-4-9(15)7-10/h2-5,7-8H,1,6H2,(H,17,21)(H,19,20). The van der Waals surface area contributed by atoms with E-state index in [0.717, 1.165) is 16.9 Å². The van der Waals surface area contributed by atoms with Crippen molar-refractivity contribution in [3.63, 3.8) is 0 Å². The number of carboxylic acids is 1. The van der Waals surface area contributed by atoms with E-state index in [1.807, 2.05) is 0 Å². The van der Waals surface area contributed by atoms with Gasteiger partial charge in [0.05, 0.1) is 11.9 Å². The van der Waals surface area contributed by atoms with Crippen LogP contribution < -0.4 is 5.32 Å². The summed E-state index contributed by atoms with van der Waals surface area (Å²) in [6, 6.07) is 5.34. The minimum atomic E-state index is -1.29. The summed E-state index contributed by atoms with van der Waals surface area (Å²) in [7, 11) is 0. The number of hydrogen-bond acceptors (Lipinski definition) is 4. The van der Waals surface area contributed by atoms with Gasteiger partial charge in [0.15, 0.2) is 5.82 Å². The van der Waals surface area contributed by atoms with Gasteiger partial charge < -0.3 is 9.84 Å². The summed E-state index contributed by atoms with van der Waals surface area (Å²) in [4.78, 5) is 22.8. The minimum Gasteiger partial charge on any atom is -0.477 e. The van der Waals surface area contributed by atoms with E-state index >= 15 is 0 Å². The third-order valence-corrected chi connectivity index (χ3v) is 2.61. The summed E-state index contributed by atoms with van der Waals surface area (Å²) in [6.07, 6.45) is 1.54. The number of carbonyl (C=O) groups excluding carboxylic acids is 1. The Morgan fingerprint density at radius 1 is 1.50 bits per heavy atom. The molecule has 0 saturated carbocycles. The smallest absolute Gasteiger partial charge is 0.413 e. The summed E-state index contributed by atoms with van der Waals surface area (Å²) in [5.74, 6) is -1.95. The van der Waals surface area contributed by atoms with E-state index in [2.05, 4.69) is 17.0 Å².